The van der Waals surface area contributed by atoms with Crippen LogP contribution < -0.4 is 0 Å². The number of nitrogens with zero attached hydrogens (tertiary/aromatic N) is 6. The Kier molecular flexibility index (Phi) is 9.65. The lowest BCUT2D eigenvalue weighted by Gasteiger charge is -2.31. The van der Waals surface area contributed by atoms with Gasteiger partial charge in [-0.3, -0.25) is 0 Å². The van der Waals surface area contributed by atoms with E-state index in [-0.39, 0.29) is 0 Å². The van der Waals surface area contributed by atoms with Gasteiger partial charge < -0.3 is 0 Å². The number of isothiocyanates is 2. The molecule has 4 aliphatic carbocycles. The van der Waals surface area contributed by atoms with Crippen molar-refractivity contribution in [3.05, 3.63) is 72.3 Å². The molecule has 4 aromatic rings. The van der Waals surface area contributed by atoms with E-state index in [1.165, 1.54) is 106 Å². The first-order chi connectivity index (χ1) is 24.1. The van der Waals surface area contributed by atoms with Crippen LogP contribution in [0.4, 0.5) is 11.4 Å². The lowest BCUT2D eigenvalue weighted by molar-refractivity contribution is 0.296. The summed E-state index contributed by atoms with van der Waals surface area (Å²) in [5.41, 5.74) is 8.48. The van der Waals surface area contributed by atoms with Crippen molar-refractivity contribution in [3.63, 3.8) is 0 Å². The summed E-state index contributed by atoms with van der Waals surface area (Å²) in [5.74, 6) is 6.21. The van der Waals surface area contributed by atoms with Crippen molar-refractivity contribution in [1.29, 1.82) is 0 Å². The second-order valence-electron chi connectivity index (χ2n) is 14.9. The van der Waals surface area contributed by atoms with Crippen molar-refractivity contribution in [2.75, 3.05) is 0 Å². The summed E-state index contributed by atoms with van der Waals surface area (Å²) in [7, 11) is 0. The largest absolute Gasteiger partial charge is 0.234 e. The van der Waals surface area contributed by atoms with E-state index in [1.807, 2.05) is 0 Å². The summed E-state index contributed by atoms with van der Waals surface area (Å²) >= 11 is 9.62. The number of thiocarbonyl (C=S) groups is 2. The van der Waals surface area contributed by atoms with Crippen molar-refractivity contribution >= 4 is 46.1 Å². The number of benzene rings is 2. The van der Waals surface area contributed by atoms with E-state index in [9.17, 15) is 0 Å². The lowest BCUT2D eigenvalue weighted by Crippen LogP contribution is -2.15. The maximum atomic E-state index is 4.83. The first kappa shape index (κ1) is 32.4. The molecule has 4 saturated carbocycles. The van der Waals surface area contributed by atoms with Gasteiger partial charge in [0, 0.05) is 11.1 Å². The Morgan fingerprint density at radius 3 is 1.67 bits per heavy atom. The molecular formula is C41H42N6S2. The van der Waals surface area contributed by atoms with Crippen molar-refractivity contribution in [2.24, 2.45) is 33.7 Å². The van der Waals surface area contributed by atoms with Crippen LogP contribution >= 0.6 is 24.4 Å². The minimum Gasteiger partial charge on any atom is -0.234 e. The summed E-state index contributed by atoms with van der Waals surface area (Å²) in [6.07, 6.45) is 24.4. The van der Waals surface area contributed by atoms with Crippen LogP contribution in [0.5, 0.6) is 0 Å². The second kappa shape index (κ2) is 14.6. The van der Waals surface area contributed by atoms with Crippen LogP contribution in [0.1, 0.15) is 106 Å². The van der Waals surface area contributed by atoms with Gasteiger partial charge in [-0.15, -0.1) is 0 Å². The zero-order valence-electron chi connectivity index (χ0n) is 27.9. The SMILES string of the molecule is S=C=Nc1cnc(-c2ccc(C3CCC(CC4CC4)CC3)c(-c3cc(C4CCC(C5CC5)CC4)ccc3-c3ncc(N=C=S)cn3)c2)nc1. The zero-order valence-corrected chi connectivity index (χ0v) is 29.6. The molecule has 248 valence electrons. The van der Waals surface area contributed by atoms with E-state index in [4.69, 9.17) is 34.4 Å². The molecule has 4 aliphatic rings. The molecule has 0 amide bonds. The molecule has 0 unspecified atom stereocenters. The van der Waals surface area contributed by atoms with Gasteiger partial charge in [0.05, 0.1) is 35.1 Å². The number of aliphatic imine (C=N–C) groups is 2. The monoisotopic (exact) mass is 682 g/mol. The lowest BCUT2D eigenvalue weighted by atomic mass is 9.74. The van der Waals surface area contributed by atoms with Gasteiger partial charge in [0.2, 0.25) is 0 Å². The third kappa shape index (κ3) is 7.54. The minimum atomic E-state index is 0.505. The van der Waals surface area contributed by atoms with Crippen LogP contribution in [0.25, 0.3) is 33.9 Å². The Morgan fingerprint density at radius 1 is 0.551 bits per heavy atom. The number of rotatable bonds is 10. The molecule has 0 radical (unpaired) electrons. The molecular weight excluding hydrogens is 641 g/mol. The van der Waals surface area contributed by atoms with Crippen LogP contribution in [-0.2, 0) is 0 Å². The van der Waals surface area contributed by atoms with E-state index in [0.717, 1.165) is 34.8 Å². The average Bonchev–Trinajstić information content (AvgIpc) is 4.09. The van der Waals surface area contributed by atoms with Crippen molar-refractivity contribution in [2.45, 2.75) is 95.3 Å². The Bertz CT molecular complexity index is 1890. The van der Waals surface area contributed by atoms with Crippen LogP contribution in [0.2, 0.25) is 0 Å². The molecule has 4 fully saturated rings. The Balaban J connectivity index is 1.22. The molecule has 8 heteroatoms. The molecule has 0 N–H and O–H groups in total. The molecule has 8 rings (SSSR count). The summed E-state index contributed by atoms with van der Waals surface area (Å²) in [4.78, 5) is 27.1. The molecule has 0 aliphatic heterocycles. The van der Waals surface area contributed by atoms with E-state index < -0.39 is 0 Å². The van der Waals surface area contributed by atoms with Crippen LogP contribution in [0.3, 0.4) is 0 Å². The zero-order chi connectivity index (χ0) is 33.2. The Morgan fingerprint density at radius 2 is 1.10 bits per heavy atom. The molecule has 6 nitrogen and oxygen atoms in total. The number of hydrogen-bond acceptors (Lipinski definition) is 8. The van der Waals surface area contributed by atoms with Gasteiger partial charge in [0.1, 0.15) is 11.4 Å². The highest BCUT2D eigenvalue weighted by Crippen LogP contribution is 2.49. The first-order valence-corrected chi connectivity index (χ1v) is 19.1. The van der Waals surface area contributed by atoms with E-state index >= 15 is 0 Å². The number of aromatic nitrogens is 4. The third-order valence-electron chi connectivity index (χ3n) is 11.7. The predicted molar refractivity (Wildman–Crippen MR) is 203 cm³/mol. The Labute approximate surface area is 300 Å². The maximum Gasteiger partial charge on any atom is 0.159 e. The third-order valence-corrected chi connectivity index (χ3v) is 11.9. The molecule has 0 saturated heterocycles. The van der Waals surface area contributed by atoms with Gasteiger partial charge >= 0.3 is 0 Å². The predicted octanol–water partition coefficient (Wildman–Crippen LogP) is 11.5. The summed E-state index contributed by atoms with van der Waals surface area (Å²) in [6, 6.07) is 13.9. The summed E-state index contributed by atoms with van der Waals surface area (Å²) in [5, 5.41) is 4.84. The van der Waals surface area contributed by atoms with Crippen LogP contribution in [0.15, 0.2) is 71.2 Å². The molecule has 2 aromatic carbocycles. The highest BCUT2D eigenvalue weighted by atomic mass is 32.1. The topological polar surface area (TPSA) is 76.3 Å². The highest BCUT2D eigenvalue weighted by Gasteiger charge is 2.35. The van der Waals surface area contributed by atoms with E-state index in [1.54, 1.807) is 24.8 Å². The van der Waals surface area contributed by atoms with Crippen molar-refractivity contribution < 1.29 is 0 Å². The van der Waals surface area contributed by atoms with E-state index in [2.05, 4.69) is 66.7 Å². The fourth-order valence-corrected chi connectivity index (χ4v) is 8.91. The van der Waals surface area contributed by atoms with Gasteiger partial charge in [-0.25, -0.2) is 19.9 Å². The van der Waals surface area contributed by atoms with Gasteiger partial charge in [0.25, 0.3) is 0 Å². The van der Waals surface area contributed by atoms with Gasteiger partial charge in [-0.2, -0.15) is 9.98 Å². The normalized spacial score (nSPS) is 23.7. The fourth-order valence-electron chi connectivity index (χ4n) is 8.70. The summed E-state index contributed by atoms with van der Waals surface area (Å²) < 4.78 is 0. The Hall–Kier alpha value is -3.80. The minimum absolute atomic E-state index is 0.505. The molecule has 49 heavy (non-hydrogen) atoms. The van der Waals surface area contributed by atoms with Gasteiger partial charge in [-0.1, -0.05) is 43.2 Å². The smallest absolute Gasteiger partial charge is 0.159 e. The maximum absolute atomic E-state index is 4.83. The van der Waals surface area contributed by atoms with Crippen molar-refractivity contribution in [3.8, 4) is 33.9 Å². The fraction of sp³-hybridized carbons (Fsp3) is 0.463. The van der Waals surface area contributed by atoms with Crippen LogP contribution in [-0.4, -0.2) is 30.3 Å². The molecule has 0 atom stereocenters. The van der Waals surface area contributed by atoms with Gasteiger partial charge in [0.15, 0.2) is 11.6 Å². The quantitative estimate of drug-likeness (QED) is 0.122. The molecule has 0 bridgehead atoms. The molecule has 0 spiro atoms. The molecule has 2 heterocycles. The van der Waals surface area contributed by atoms with E-state index in [0.29, 0.717) is 34.9 Å². The average molecular weight is 683 g/mol. The van der Waals surface area contributed by atoms with Gasteiger partial charge in [-0.05, 0) is 159 Å². The molecule has 2 aromatic heterocycles. The van der Waals surface area contributed by atoms with Crippen molar-refractivity contribution in [1.82, 2.24) is 19.9 Å². The highest BCUT2D eigenvalue weighted by molar-refractivity contribution is 7.78. The first-order valence-electron chi connectivity index (χ1n) is 18.2. The van der Waals surface area contributed by atoms with Crippen LogP contribution in [0, 0.1) is 23.7 Å². The second-order valence-corrected chi connectivity index (χ2v) is 15.3. The number of hydrogen-bond donors (Lipinski definition) is 0. The summed E-state index contributed by atoms with van der Waals surface area (Å²) in [6.45, 7) is 0. The standard InChI is InChI=1S/C41H42N6S2/c48-24-46-34-20-42-40(43-21-34)33-14-15-36(31-5-3-27(4-6-31)17-26-1-2-26)38(19-33)39-18-32(30-11-9-29(10-12-30)28-7-8-28)13-16-37(39)41-44-22-35(23-45-41)47-25-49/h13-16,18-23,26-31H,1-12,17H2.